The van der Waals surface area contributed by atoms with Crippen LogP contribution in [0.5, 0.6) is 0 Å². The number of aromatic nitrogens is 2. The van der Waals surface area contributed by atoms with Crippen molar-refractivity contribution in [3.05, 3.63) is 52.3 Å². The van der Waals surface area contributed by atoms with E-state index in [1.807, 2.05) is 0 Å². The Balaban J connectivity index is 2.25. The summed E-state index contributed by atoms with van der Waals surface area (Å²) in [5, 5.41) is 3.96. The minimum Gasteiger partial charge on any atom is -0.461 e. The van der Waals surface area contributed by atoms with Crippen LogP contribution in [0.4, 0.5) is 0 Å². The zero-order chi connectivity index (χ0) is 11.5. The van der Waals surface area contributed by atoms with E-state index >= 15 is 0 Å². The molecule has 2 heterocycles. The normalized spacial score (nSPS) is 10.3. The second-order valence-electron chi connectivity index (χ2n) is 3.37. The molecule has 0 aliphatic carbocycles. The predicted octanol–water partition coefficient (Wildman–Crippen LogP) is 1.03. The van der Waals surface area contributed by atoms with Crippen LogP contribution in [-0.2, 0) is 6.54 Å². The van der Waals surface area contributed by atoms with E-state index in [2.05, 4.69) is 5.10 Å². The Morgan fingerprint density at radius 2 is 2.25 bits per heavy atom. The zero-order valence-electron chi connectivity index (χ0n) is 8.71. The molecule has 16 heavy (non-hydrogen) atoms. The Bertz CT molecular complexity index is 555. The number of rotatable bonds is 3. The Morgan fingerprint density at radius 1 is 1.44 bits per heavy atom. The van der Waals surface area contributed by atoms with Crippen LogP contribution < -0.4 is 5.56 Å². The van der Waals surface area contributed by atoms with Gasteiger partial charge in [0, 0.05) is 6.07 Å². The van der Waals surface area contributed by atoms with Gasteiger partial charge < -0.3 is 4.42 Å². The summed E-state index contributed by atoms with van der Waals surface area (Å²) < 4.78 is 6.07. The quantitative estimate of drug-likeness (QED) is 0.721. The van der Waals surface area contributed by atoms with Gasteiger partial charge >= 0.3 is 0 Å². The average molecular weight is 218 g/mol. The first-order valence-electron chi connectivity index (χ1n) is 4.78. The van der Waals surface area contributed by atoms with Crippen molar-refractivity contribution in [2.24, 2.45) is 0 Å². The number of carbonyl (C=O) groups excluding carboxylic acids is 1. The Labute approximate surface area is 91.3 Å². The number of ketones is 1. The summed E-state index contributed by atoms with van der Waals surface area (Å²) >= 11 is 0. The molecule has 0 spiro atoms. The van der Waals surface area contributed by atoms with Crippen LogP contribution in [0.3, 0.4) is 0 Å². The first kappa shape index (κ1) is 10.4. The molecule has 2 rings (SSSR count). The maximum absolute atomic E-state index is 11.6. The molecule has 0 saturated heterocycles. The monoisotopic (exact) mass is 218 g/mol. The molecule has 5 heteroatoms. The minimum atomic E-state index is -0.300. The number of hydrogen-bond donors (Lipinski definition) is 0. The molecule has 5 nitrogen and oxygen atoms in total. The minimum absolute atomic E-state index is 0.103. The number of nitrogens with zero attached hydrogens (tertiary/aromatic N) is 2. The fraction of sp³-hybridized carbons (Fsp3) is 0.182. The highest BCUT2D eigenvalue weighted by Crippen LogP contribution is 2.02. The van der Waals surface area contributed by atoms with Crippen molar-refractivity contribution in [1.29, 1.82) is 0 Å². The molecular formula is C11H10N2O3. The van der Waals surface area contributed by atoms with Gasteiger partial charge in [-0.2, -0.15) is 5.10 Å². The topological polar surface area (TPSA) is 65.1 Å². The molecule has 0 N–H and O–H groups in total. The lowest BCUT2D eigenvalue weighted by molar-refractivity contribution is 0.0938. The van der Waals surface area contributed by atoms with Gasteiger partial charge in [-0.05, 0) is 25.1 Å². The van der Waals surface area contributed by atoms with Crippen LogP contribution in [0.2, 0.25) is 0 Å². The molecular weight excluding hydrogens is 208 g/mol. The standard InChI is InChI=1S/C11H10N2O3/c1-8-4-5-11(15)13(12-8)7-9(14)10-3-2-6-16-10/h2-6H,7H2,1H3. The summed E-state index contributed by atoms with van der Waals surface area (Å²) in [6.45, 7) is 1.65. The lowest BCUT2D eigenvalue weighted by Gasteiger charge is -2.02. The second kappa shape index (κ2) is 4.14. The number of Topliss-reactive ketones (excluding diaryl/α,β-unsaturated/α-hetero) is 1. The van der Waals surface area contributed by atoms with Crippen LogP contribution in [0.25, 0.3) is 0 Å². The Kier molecular flexibility index (Phi) is 2.68. The Morgan fingerprint density at radius 3 is 2.94 bits per heavy atom. The molecule has 0 amide bonds. The van der Waals surface area contributed by atoms with E-state index < -0.39 is 0 Å². The van der Waals surface area contributed by atoms with Gasteiger partial charge in [0.15, 0.2) is 5.76 Å². The molecule has 2 aromatic rings. The first-order valence-corrected chi connectivity index (χ1v) is 4.78. The van der Waals surface area contributed by atoms with Crippen molar-refractivity contribution in [2.45, 2.75) is 13.5 Å². The predicted molar refractivity (Wildman–Crippen MR) is 56.3 cm³/mol. The summed E-state index contributed by atoms with van der Waals surface area (Å²) in [5.74, 6) is -0.0413. The zero-order valence-corrected chi connectivity index (χ0v) is 8.71. The van der Waals surface area contributed by atoms with Crippen molar-refractivity contribution in [3.8, 4) is 0 Å². The van der Waals surface area contributed by atoms with Gasteiger partial charge in [0.05, 0.1) is 12.0 Å². The second-order valence-corrected chi connectivity index (χ2v) is 3.37. The summed E-state index contributed by atoms with van der Waals surface area (Å²) in [6, 6.07) is 6.18. The fourth-order valence-electron chi connectivity index (χ4n) is 1.32. The van der Waals surface area contributed by atoms with Gasteiger partial charge in [-0.1, -0.05) is 0 Å². The third-order valence-electron chi connectivity index (χ3n) is 2.09. The fourth-order valence-corrected chi connectivity index (χ4v) is 1.32. The third-order valence-corrected chi connectivity index (χ3v) is 2.09. The first-order chi connectivity index (χ1) is 7.66. The van der Waals surface area contributed by atoms with E-state index in [1.165, 1.54) is 12.3 Å². The lowest BCUT2D eigenvalue weighted by Crippen LogP contribution is -2.26. The highest BCUT2D eigenvalue weighted by molar-refractivity contribution is 5.93. The molecule has 0 fully saturated rings. The molecule has 0 atom stereocenters. The summed E-state index contributed by atoms with van der Waals surface area (Å²) in [7, 11) is 0. The van der Waals surface area contributed by atoms with Crippen LogP contribution in [-0.4, -0.2) is 15.6 Å². The number of carbonyl (C=O) groups is 1. The van der Waals surface area contributed by atoms with Crippen molar-refractivity contribution >= 4 is 5.78 Å². The molecule has 0 unspecified atom stereocenters. The summed E-state index contributed by atoms with van der Waals surface area (Å²) in [6.07, 6.45) is 1.42. The molecule has 0 radical (unpaired) electrons. The summed E-state index contributed by atoms with van der Waals surface area (Å²) in [5.41, 5.74) is 0.386. The third kappa shape index (κ3) is 2.08. The number of furan rings is 1. The molecule has 0 aliphatic heterocycles. The highest BCUT2D eigenvalue weighted by Gasteiger charge is 2.10. The van der Waals surface area contributed by atoms with Crippen LogP contribution in [0, 0.1) is 6.92 Å². The summed E-state index contributed by atoms with van der Waals surface area (Å²) in [4.78, 5) is 23.0. The van der Waals surface area contributed by atoms with Gasteiger partial charge in [0.2, 0.25) is 5.78 Å². The number of hydrogen-bond acceptors (Lipinski definition) is 4. The number of aryl methyl sites for hydroxylation is 1. The molecule has 2 aromatic heterocycles. The molecule has 0 aromatic carbocycles. The largest absolute Gasteiger partial charge is 0.461 e. The van der Waals surface area contributed by atoms with E-state index in [-0.39, 0.29) is 23.6 Å². The van der Waals surface area contributed by atoms with E-state index in [9.17, 15) is 9.59 Å². The van der Waals surface area contributed by atoms with E-state index in [0.29, 0.717) is 5.69 Å². The van der Waals surface area contributed by atoms with Crippen LogP contribution in [0.1, 0.15) is 16.2 Å². The van der Waals surface area contributed by atoms with Gasteiger partial charge in [0.1, 0.15) is 6.54 Å². The lowest BCUT2D eigenvalue weighted by atomic mass is 10.3. The van der Waals surface area contributed by atoms with Gasteiger partial charge in [0.25, 0.3) is 5.56 Å². The van der Waals surface area contributed by atoms with Crippen LogP contribution in [0.15, 0.2) is 39.7 Å². The molecule has 0 aliphatic rings. The van der Waals surface area contributed by atoms with Crippen molar-refractivity contribution in [2.75, 3.05) is 0 Å². The molecule has 82 valence electrons. The van der Waals surface area contributed by atoms with Gasteiger partial charge in [-0.3, -0.25) is 9.59 Å². The van der Waals surface area contributed by atoms with E-state index in [0.717, 1.165) is 4.68 Å². The highest BCUT2D eigenvalue weighted by atomic mass is 16.3. The Hall–Kier alpha value is -2.17. The van der Waals surface area contributed by atoms with Crippen molar-refractivity contribution < 1.29 is 9.21 Å². The molecule has 0 bridgehead atoms. The average Bonchev–Trinajstić information content (AvgIpc) is 2.76. The maximum atomic E-state index is 11.6. The van der Waals surface area contributed by atoms with Crippen molar-refractivity contribution in [1.82, 2.24) is 9.78 Å². The van der Waals surface area contributed by atoms with Crippen molar-refractivity contribution in [3.63, 3.8) is 0 Å². The van der Waals surface area contributed by atoms with E-state index in [4.69, 9.17) is 4.42 Å². The maximum Gasteiger partial charge on any atom is 0.267 e. The van der Waals surface area contributed by atoms with Crippen LogP contribution >= 0.6 is 0 Å². The van der Waals surface area contributed by atoms with Gasteiger partial charge in [-0.15, -0.1) is 0 Å². The smallest absolute Gasteiger partial charge is 0.267 e. The SMILES string of the molecule is Cc1ccc(=O)n(CC(=O)c2ccco2)n1. The van der Waals surface area contributed by atoms with E-state index in [1.54, 1.807) is 25.1 Å². The van der Waals surface area contributed by atoms with Gasteiger partial charge in [-0.25, -0.2) is 4.68 Å². The molecule has 0 saturated carbocycles.